The number of methoxy groups -OCH3 is 2. The summed E-state index contributed by atoms with van der Waals surface area (Å²) in [4.78, 5) is 40.8. The lowest BCUT2D eigenvalue weighted by molar-refractivity contribution is -0.153. The first kappa shape index (κ1) is 20.1. The summed E-state index contributed by atoms with van der Waals surface area (Å²) >= 11 is 0. The number of carbonyl (C=O) groups is 3. The summed E-state index contributed by atoms with van der Waals surface area (Å²) in [6.07, 6.45) is -0.290. The molecule has 3 rings (SSSR count). The molecule has 2 aliphatic rings. The zero-order valence-electron chi connectivity index (χ0n) is 17.3. The third-order valence-corrected chi connectivity index (χ3v) is 6.04. The van der Waals surface area contributed by atoms with Gasteiger partial charge in [0.25, 0.3) is 0 Å². The second-order valence-electron chi connectivity index (χ2n) is 7.48. The minimum Gasteiger partial charge on any atom is -0.466 e. The first-order valence-electron chi connectivity index (χ1n) is 9.08. The summed E-state index contributed by atoms with van der Waals surface area (Å²) in [6.45, 7) is 5.94. The van der Waals surface area contributed by atoms with E-state index >= 15 is 0 Å². The van der Waals surface area contributed by atoms with Crippen molar-refractivity contribution in [2.45, 2.75) is 33.4 Å². The molecular formula is C20H26N2O6. The number of nitrogens with zero attached hydrogens (tertiary/aromatic N) is 2. The van der Waals surface area contributed by atoms with Crippen molar-refractivity contribution in [3.8, 4) is 0 Å². The van der Waals surface area contributed by atoms with Crippen LogP contribution in [0.5, 0.6) is 0 Å². The Bertz CT molecular complexity index is 910. The standard InChI is InChI=1S/C20H26N2O6/c1-10-11(2)15-13(16(23)26-6)14(17(24)27-7)20(8-9-28-19(20)25)18(21(4)5)22(15)12(10)3/h18H,8-9H2,1-7H3. The van der Waals surface area contributed by atoms with Gasteiger partial charge in [0.1, 0.15) is 11.6 Å². The van der Waals surface area contributed by atoms with Gasteiger partial charge in [-0.1, -0.05) is 0 Å². The van der Waals surface area contributed by atoms with Crippen LogP contribution in [0.2, 0.25) is 0 Å². The zero-order chi connectivity index (χ0) is 21.0. The summed E-state index contributed by atoms with van der Waals surface area (Å²) in [5.74, 6) is -1.95. The number of hydrogen-bond acceptors (Lipinski definition) is 7. The van der Waals surface area contributed by atoms with Gasteiger partial charge in [-0.25, -0.2) is 9.59 Å². The van der Waals surface area contributed by atoms with Gasteiger partial charge in [-0.05, 0) is 46.0 Å². The van der Waals surface area contributed by atoms with Crippen LogP contribution in [0, 0.1) is 26.2 Å². The van der Waals surface area contributed by atoms with Gasteiger partial charge in [0.2, 0.25) is 0 Å². The van der Waals surface area contributed by atoms with E-state index in [1.165, 1.54) is 14.2 Å². The van der Waals surface area contributed by atoms with Crippen LogP contribution >= 0.6 is 0 Å². The van der Waals surface area contributed by atoms with Crippen molar-refractivity contribution >= 4 is 23.5 Å². The van der Waals surface area contributed by atoms with Crippen molar-refractivity contribution in [1.82, 2.24) is 9.47 Å². The lowest BCUT2D eigenvalue weighted by atomic mass is 9.70. The SMILES string of the molecule is COC(=O)C1=C(C(=O)OC)C2(CCOC2=O)C(N(C)C)n2c(C)c(C)c(C)c21. The van der Waals surface area contributed by atoms with Crippen LogP contribution < -0.4 is 0 Å². The molecule has 2 unspecified atom stereocenters. The van der Waals surface area contributed by atoms with E-state index in [2.05, 4.69) is 0 Å². The predicted octanol–water partition coefficient (Wildman–Crippen LogP) is 1.52. The van der Waals surface area contributed by atoms with Gasteiger partial charge in [0, 0.05) is 12.1 Å². The Morgan fingerprint density at radius 2 is 1.71 bits per heavy atom. The fraction of sp³-hybridized carbons (Fsp3) is 0.550. The molecule has 0 aliphatic carbocycles. The smallest absolute Gasteiger partial charge is 0.340 e. The number of carbonyl (C=O) groups excluding carboxylic acids is 3. The molecule has 1 spiro atoms. The van der Waals surface area contributed by atoms with Gasteiger partial charge in [-0.2, -0.15) is 0 Å². The highest BCUT2D eigenvalue weighted by Crippen LogP contribution is 2.55. The summed E-state index contributed by atoms with van der Waals surface area (Å²) < 4.78 is 17.3. The first-order chi connectivity index (χ1) is 13.1. The molecule has 0 N–H and O–H groups in total. The molecule has 0 bridgehead atoms. The van der Waals surface area contributed by atoms with E-state index in [9.17, 15) is 14.4 Å². The number of rotatable bonds is 3. The Labute approximate surface area is 164 Å². The van der Waals surface area contributed by atoms with Gasteiger partial charge in [-0.3, -0.25) is 9.69 Å². The van der Waals surface area contributed by atoms with E-state index in [1.54, 1.807) is 0 Å². The average molecular weight is 390 g/mol. The van der Waals surface area contributed by atoms with Crippen LogP contribution in [0.3, 0.4) is 0 Å². The molecule has 2 atom stereocenters. The van der Waals surface area contributed by atoms with Crippen molar-refractivity contribution in [2.75, 3.05) is 34.9 Å². The molecular weight excluding hydrogens is 364 g/mol. The second kappa shape index (κ2) is 6.77. The molecule has 0 saturated carbocycles. The van der Waals surface area contributed by atoms with Crippen molar-refractivity contribution in [3.05, 3.63) is 28.1 Å². The van der Waals surface area contributed by atoms with Crippen LogP contribution in [0.25, 0.3) is 5.57 Å². The van der Waals surface area contributed by atoms with Crippen molar-refractivity contribution in [1.29, 1.82) is 0 Å². The molecule has 8 heteroatoms. The van der Waals surface area contributed by atoms with Crippen LogP contribution in [-0.4, -0.2) is 62.3 Å². The topological polar surface area (TPSA) is 87.1 Å². The Morgan fingerprint density at radius 3 is 2.18 bits per heavy atom. The molecule has 8 nitrogen and oxygen atoms in total. The maximum absolute atomic E-state index is 13.1. The van der Waals surface area contributed by atoms with Gasteiger partial charge in [0.15, 0.2) is 0 Å². The number of fused-ring (bicyclic) bond motifs is 1. The Balaban J connectivity index is 2.57. The number of aromatic nitrogens is 1. The lowest BCUT2D eigenvalue weighted by Gasteiger charge is -2.45. The third-order valence-electron chi connectivity index (χ3n) is 6.04. The average Bonchev–Trinajstić information content (AvgIpc) is 3.13. The minimum atomic E-state index is -1.37. The minimum absolute atomic E-state index is 0.0103. The van der Waals surface area contributed by atoms with E-state index in [4.69, 9.17) is 14.2 Å². The monoisotopic (exact) mass is 390 g/mol. The molecule has 2 aliphatic heterocycles. The van der Waals surface area contributed by atoms with E-state index in [-0.39, 0.29) is 24.2 Å². The molecule has 0 amide bonds. The summed E-state index contributed by atoms with van der Waals surface area (Å²) in [5, 5.41) is 0. The van der Waals surface area contributed by atoms with E-state index in [0.29, 0.717) is 5.69 Å². The maximum Gasteiger partial charge on any atom is 0.340 e. The maximum atomic E-state index is 13.1. The predicted molar refractivity (Wildman–Crippen MR) is 100 cm³/mol. The largest absolute Gasteiger partial charge is 0.466 e. The molecule has 152 valence electrons. The molecule has 1 aromatic rings. The fourth-order valence-electron chi connectivity index (χ4n) is 4.64. The summed E-state index contributed by atoms with van der Waals surface area (Å²) in [5.41, 5.74) is 2.04. The highest BCUT2D eigenvalue weighted by atomic mass is 16.5. The highest BCUT2D eigenvalue weighted by Gasteiger charge is 2.62. The highest BCUT2D eigenvalue weighted by molar-refractivity contribution is 6.25. The molecule has 1 fully saturated rings. The Morgan fingerprint density at radius 1 is 1.11 bits per heavy atom. The fourth-order valence-corrected chi connectivity index (χ4v) is 4.64. The molecule has 1 saturated heterocycles. The van der Waals surface area contributed by atoms with E-state index in [1.807, 2.05) is 44.3 Å². The molecule has 1 aromatic heterocycles. The number of cyclic esters (lactones) is 1. The van der Waals surface area contributed by atoms with Crippen molar-refractivity contribution in [3.63, 3.8) is 0 Å². The van der Waals surface area contributed by atoms with E-state index in [0.717, 1.165) is 16.8 Å². The molecule has 0 aromatic carbocycles. The van der Waals surface area contributed by atoms with Crippen LogP contribution in [-0.2, 0) is 28.6 Å². The van der Waals surface area contributed by atoms with Crippen LogP contribution in [0.1, 0.15) is 35.1 Å². The molecule has 3 heterocycles. The summed E-state index contributed by atoms with van der Waals surface area (Å²) in [6, 6.07) is 0. The third kappa shape index (κ3) is 2.37. The number of esters is 3. The zero-order valence-corrected chi connectivity index (χ0v) is 17.3. The van der Waals surface area contributed by atoms with Gasteiger partial charge >= 0.3 is 17.9 Å². The van der Waals surface area contributed by atoms with Gasteiger partial charge < -0.3 is 18.8 Å². The van der Waals surface area contributed by atoms with Gasteiger partial charge in [0.05, 0.1) is 37.7 Å². The molecule has 28 heavy (non-hydrogen) atoms. The Hall–Kier alpha value is -2.61. The van der Waals surface area contributed by atoms with Gasteiger partial charge in [-0.15, -0.1) is 0 Å². The number of hydrogen-bond donors (Lipinski definition) is 0. The van der Waals surface area contributed by atoms with Crippen molar-refractivity contribution < 1.29 is 28.6 Å². The van der Waals surface area contributed by atoms with Crippen LogP contribution in [0.15, 0.2) is 5.57 Å². The lowest BCUT2D eigenvalue weighted by Crippen LogP contribution is -2.51. The summed E-state index contributed by atoms with van der Waals surface area (Å²) in [7, 11) is 6.16. The van der Waals surface area contributed by atoms with E-state index < -0.39 is 29.5 Å². The van der Waals surface area contributed by atoms with Crippen LogP contribution in [0.4, 0.5) is 0 Å². The normalized spacial score (nSPS) is 23.9. The van der Waals surface area contributed by atoms with Crippen molar-refractivity contribution in [2.24, 2.45) is 5.41 Å². The molecule has 0 radical (unpaired) electrons. The second-order valence-corrected chi connectivity index (χ2v) is 7.48. The Kier molecular flexibility index (Phi) is 4.87. The quantitative estimate of drug-likeness (QED) is 0.571. The first-order valence-corrected chi connectivity index (χ1v) is 9.08. The number of ether oxygens (including phenoxy) is 3.